The fourth-order valence-corrected chi connectivity index (χ4v) is 2.75. The summed E-state index contributed by atoms with van der Waals surface area (Å²) in [7, 11) is 0. The number of pyridine rings is 1. The summed E-state index contributed by atoms with van der Waals surface area (Å²) >= 11 is 1.50. The van der Waals surface area contributed by atoms with Crippen molar-refractivity contribution in [1.29, 1.82) is 0 Å². The van der Waals surface area contributed by atoms with E-state index in [1.165, 1.54) is 23.1 Å². The van der Waals surface area contributed by atoms with Crippen LogP contribution in [0.5, 0.6) is 0 Å². The highest BCUT2D eigenvalue weighted by atomic mass is 32.1. The summed E-state index contributed by atoms with van der Waals surface area (Å²) < 4.78 is 0. The van der Waals surface area contributed by atoms with Crippen molar-refractivity contribution < 1.29 is 9.90 Å². The van der Waals surface area contributed by atoms with Crippen molar-refractivity contribution in [2.24, 2.45) is 0 Å². The average molecular weight is 270 g/mol. The van der Waals surface area contributed by atoms with Gasteiger partial charge < -0.3 is 5.11 Å². The number of carboxylic acids is 1. The van der Waals surface area contributed by atoms with Gasteiger partial charge in [0.25, 0.3) is 0 Å². The molecule has 3 rings (SSSR count). The van der Waals surface area contributed by atoms with Crippen molar-refractivity contribution >= 4 is 27.7 Å². The average Bonchev–Trinajstić information content (AvgIpc) is 2.80. The Morgan fingerprint density at radius 3 is 2.79 bits per heavy atom. The molecule has 0 spiro atoms. The van der Waals surface area contributed by atoms with Crippen LogP contribution in [0, 0.1) is 0 Å². The van der Waals surface area contributed by atoms with Gasteiger partial charge in [0.2, 0.25) is 0 Å². The molecule has 0 saturated heterocycles. The molecule has 2 aromatic heterocycles. The minimum Gasteiger partial charge on any atom is -0.478 e. The molecule has 0 amide bonds. The first-order valence-electron chi connectivity index (χ1n) is 5.75. The molecule has 0 unspecified atom stereocenters. The summed E-state index contributed by atoms with van der Waals surface area (Å²) in [6.07, 6.45) is 2.11. The van der Waals surface area contributed by atoms with E-state index in [0.717, 1.165) is 16.3 Å². The van der Waals surface area contributed by atoms with Crippen molar-refractivity contribution in [1.82, 2.24) is 9.97 Å². The van der Waals surface area contributed by atoms with E-state index in [4.69, 9.17) is 5.11 Å². The minimum absolute atomic E-state index is 0.170. The van der Waals surface area contributed by atoms with Crippen LogP contribution in [0.25, 0.3) is 10.3 Å². The normalized spacial score (nSPS) is 10.7. The van der Waals surface area contributed by atoms with E-state index in [1.807, 2.05) is 30.3 Å². The van der Waals surface area contributed by atoms with Crippen molar-refractivity contribution in [3.63, 3.8) is 0 Å². The van der Waals surface area contributed by atoms with Crippen LogP contribution in [0.2, 0.25) is 0 Å². The molecule has 0 saturated carbocycles. The summed E-state index contributed by atoms with van der Waals surface area (Å²) in [5, 5.41) is 9.86. The lowest BCUT2D eigenvalue weighted by Gasteiger charge is -1.95. The molecule has 0 fully saturated rings. The third-order valence-corrected chi connectivity index (χ3v) is 3.72. The van der Waals surface area contributed by atoms with Gasteiger partial charge in [-0.3, -0.25) is 0 Å². The Morgan fingerprint density at radius 2 is 2.05 bits per heavy atom. The molecular weight excluding hydrogens is 260 g/mol. The number of aromatic carboxylic acids is 1. The van der Waals surface area contributed by atoms with E-state index in [9.17, 15) is 4.79 Å². The Balaban J connectivity index is 1.95. The highest BCUT2D eigenvalue weighted by molar-refractivity contribution is 7.18. The number of aromatic nitrogens is 2. The van der Waals surface area contributed by atoms with E-state index in [0.29, 0.717) is 5.52 Å². The number of fused-ring (bicyclic) bond motifs is 1. The van der Waals surface area contributed by atoms with Gasteiger partial charge in [-0.2, -0.15) is 0 Å². The molecule has 94 valence electrons. The molecule has 0 aliphatic heterocycles. The third-order valence-electron chi connectivity index (χ3n) is 2.74. The van der Waals surface area contributed by atoms with Gasteiger partial charge in [-0.25, -0.2) is 14.8 Å². The summed E-state index contributed by atoms with van der Waals surface area (Å²) in [5.74, 6) is -0.980. The van der Waals surface area contributed by atoms with Crippen LogP contribution in [0.3, 0.4) is 0 Å². The summed E-state index contributed by atoms with van der Waals surface area (Å²) in [5.41, 5.74) is 2.00. The molecule has 0 atom stereocenters. The zero-order chi connectivity index (χ0) is 13.2. The summed E-state index contributed by atoms with van der Waals surface area (Å²) in [4.78, 5) is 20.2. The second kappa shape index (κ2) is 4.78. The van der Waals surface area contributed by atoms with Crippen LogP contribution < -0.4 is 0 Å². The van der Waals surface area contributed by atoms with Gasteiger partial charge in [0.05, 0.1) is 10.6 Å². The number of rotatable bonds is 3. The van der Waals surface area contributed by atoms with Crippen LogP contribution in [0.15, 0.2) is 42.6 Å². The summed E-state index contributed by atoms with van der Waals surface area (Å²) in [6, 6.07) is 11.6. The van der Waals surface area contributed by atoms with Gasteiger partial charge in [0, 0.05) is 12.6 Å². The Labute approximate surface area is 113 Å². The third kappa shape index (κ3) is 2.46. The molecule has 1 N–H and O–H groups in total. The van der Waals surface area contributed by atoms with Crippen molar-refractivity contribution in [2.75, 3.05) is 0 Å². The second-order valence-corrected chi connectivity index (χ2v) is 5.19. The number of hydrogen-bond donors (Lipinski definition) is 1. The van der Waals surface area contributed by atoms with Gasteiger partial charge in [-0.1, -0.05) is 41.7 Å². The molecule has 1 aromatic carbocycles. The standard InChI is InChI=1S/C14H10N2O2S/c17-14(18)10-7-11-13(15-8-10)19-12(16-11)6-9-4-2-1-3-5-9/h1-5,7-8H,6H2,(H,17,18). The molecule has 3 aromatic rings. The van der Waals surface area contributed by atoms with E-state index in [2.05, 4.69) is 9.97 Å². The van der Waals surface area contributed by atoms with E-state index in [1.54, 1.807) is 6.07 Å². The van der Waals surface area contributed by atoms with Crippen molar-refractivity contribution in [2.45, 2.75) is 6.42 Å². The van der Waals surface area contributed by atoms with Crippen LogP contribution in [0.4, 0.5) is 0 Å². The molecular formula is C14H10N2O2S. The van der Waals surface area contributed by atoms with Gasteiger partial charge in [0.1, 0.15) is 10.3 Å². The highest BCUT2D eigenvalue weighted by Crippen LogP contribution is 2.22. The number of hydrogen-bond acceptors (Lipinski definition) is 4. The Kier molecular flexibility index (Phi) is 2.97. The van der Waals surface area contributed by atoms with Gasteiger partial charge in [0.15, 0.2) is 0 Å². The topological polar surface area (TPSA) is 63.1 Å². The molecule has 5 heteroatoms. The number of nitrogens with zero attached hydrogens (tertiary/aromatic N) is 2. The Hall–Kier alpha value is -2.27. The SMILES string of the molecule is O=C(O)c1cnc2sc(Cc3ccccc3)nc2c1. The zero-order valence-electron chi connectivity index (χ0n) is 9.91. The lowest BCUT2D eigenvalue weighted by atomic mass is 10.2. The molecule has 0 radical (unpaired) electrons. The maximum absolute atomic E-state index is 10.9. The lowest BCUT2D eigenvalue weighted by Crippen LogP contribution is -1.96. The maximum Gasteiger partial charge on any atom is 0.337 e. The van der Waals surface area contributed by atoms with Crippen LogP contribution in [0.1, 0.15) is 20.9 Å². The maximum atomic E-state index is 10.9. The minimum atomic E-state index is -0.980. The van der Waals surface area contributed by atoms with Gasteiger partial charge in [-0.15, -0.1) is 0 Å². The predicted octanol–water partition coefficient (Wildman–Crippen LogP) is 2.98. The molecule has 0 bridgehead atoms. The lowest BCUT2D eigenvalue weighted by molar-refractivity contribution is 0.0696. The highest BCUT2D eigenvalue weighted by Gasteiger charge is 2.09. The predicted molar refractivity (Wildman–Crippen MR) is 73.6 cm³/mol. The van der Waals surface area contributed by atoms with E-state index < -0.39 is 5.97 Å². The first-order valence-corrected chi connectivity index (χ1v) is 6.57. The number of benzene rings is 1. The molecule has 2 heterocycles. The fourth-order valence-electron chi connectivity index (χ4n) is 1.83. The Bertz CT molecular complexity index is 738. The number of carboxylic acid groups (broad SMARTS) is 1. The molecule has 0 aliphatic rings. The first kappa shape index (κ1) is 11.8. The fraction of sp³-hybridized carbons (Fsp3) is 0.0714. The van der Waals surface area contributed by atoms with E-state index >= 15 is 0 Å². The van der Waals surface area contributed by atoms with Gasteiger partial charge in [-0.05, 0) is 11.6 Å². The zero-order valence-corrected chi connectivity index (χ0v) is 10.7. The number of carbonyl (C=O) groups is 1. The summed E-state index contributed by atoms with van der Waals surface area (Å²) in [6.45, 7) is 0. The Morgan fingerprint density at radius 1 is 1.26 bits per heavy atom. The van der Waals surface area contributed by atoms with Crippen LogP contribution >= 0.6 is 11.3 Å². The molecule has 4 nitrogen and oxygen atoms in total. The van der Waals surface area contributed by atoms with Crippen LogP contribution in [-0.4, -0.2) is 21.0 Å². The van der Waals surface area contributed by atoms with Crippen LogP contribution in [-0.2, 0) is 6.42 Å². The van der Waals surface area contributed by atoms with Gasteiger partial charge >= 0.3 is 5.97 Å². The first-order chi connectivity index (χ1) is 9.22. The van der Waals surface area contributed by atoms with Crippen molar-refractivity contribution in [3.05, 3.63) is 58.7 Å². The second-order valence-electron chi connectivity index (χ2n) is 4.12. The smallest absolute Gasteiger partial charge is 0.337 e. The monoisotopic (exact) mass is 270 g/mol. The molecule has 0 aliphatic carbocycles. The number of thiazole rings is 1. The largest absolute Gasteiger partial charge is 0.478 e. The quantitative estimate of drug-likeness (QED) is 0.794. The van der Waals surface area contributed by atoms with E-state index in [-0.39, 0.29) is 5.56 Å². The van der Waals surface area contributed by atoms with Crippen molar-refractivity contribution in [3.8, 4) is 0 Å². The molecule has 19 heavy (non-hydrogen) atoms.